The molecule has 2 fully saturated rings. The number of aromatic nitrogens is 2. The van der Waals surface area contributed by atoms with Gasteiger partial charge in [0.05, 0.1) is 27.1 Å². The SMILES string of the molecule is CCCCCCC/C=C\C(C)(CCCCCCCCC1CCC(CCCCCC)C(CCCCCCCC)C1CCCCCCCCn1c(=O)c2cc3c(=O)n(C(C)(CC)CCCCCCCCC4CCC(CCCCCC)C(CCCCCCCC)C4CCCCCCCCN4C(=O)C=CC4=O)c(=O)c3cc2c1=O)N1C(=O)C=CC1=O. The number of benzene rings is 1. The van der Waals surface area contributed by atoms with E-state index in [1.165, 1.54) is 358 Å². The first-order chi connectivity index (χ1) is 57.0. The van der Waals surface area contributed by atoms with Crippen LogP contribution in [-0.2, 0) is 31.3 Å². The molecule has 2 aromatic heterocycles. The molecule has 10 atom stereocenters. The summed E-state index contributed by atoms with van der Waals surface area (Å²) in [6.45, 7) is 18.6. The summed E-state index contributed by atoms with van der Waals surface area (Å²) in [5.74, 6) is 6.00. The van der Waals surface area contributed by atoms with Crippen molar-refractivity contribution in [3.8, 4) is 0 Å². The number of hydrogen-bond acceptors (Lipinski definition) is 8. The first-order valence-corrected chi connectivity index (χ1v) is 50.7. The van der Waals surface area contributed by atoms with Crippen LogP contribution < -0.4 is 22.2 Å². The molecule has 0 radical (unpaired) electrons. The fourth-order valence-electron chi connectivity index (χ4n) is 22.5. The number of amides is 4. The summed E-state index contributed by atoms with van der Waals surface area (Å²) in [5.41, 5.74) is -2.63. The Hall–Kier alpha value is -5.00. The lowest BCUT2D eigenvalue weighted by atomic mass is 9.61. The first kappa shape index (κ1) is 99.1. The third-order valence-corrected chi connectivity index (χ3v) is 29.8. The van der Waals surface area contributed by atoms with Crippen molar-refractivity contribution in [1.82, 2.24) is 18.9 Å². The lowest BCUT2D eigenvalue weighted by Gasteiger charge is -2.44. The average molecular weight is 1620 g/mol. The molecule has 12 heteroatoms. The van der Waals surface area contributed by atoms with E-state index in [4.69, 9.17) is 0 Å². The molecule has 10 unspecified atom stereocenters. The highest BCUT2D eigenvalue weighted by Crippen LogP contribution is 2.50. The maximum Gasteiger partial charge on any atom is 0.262 e. The molecule has 0 saturated heterocycles. The Morgan fingerprint density at radius 3 is 0.949 bits per heavy atom. The fraction of sp³-hybridized carbons (Fsp3) is 0.810. The van der Waals surface area contributed by atoms with E-state index in [1.54, 1.807) is 12.1 Å². The topological polar surface area (TPSA) is 153 Å². The number of hydrogen-bond donors (Lipinski definition) is 0. The van der Waals surface area contributed by atoms with Crippen LogP contribution in [0.3, 0.4) is 0 Å². The van der Waals surface area contributed by atoms with Crippen LogP contribution in [0.1, 0.15) is 473 Å². The minimum atomic E-state index is -0.673. The number of carbonyl (C=O) groups is 4. The Labute approximate surface area is 713 Å². The highest BCUT2D eigenvalue weighted by molar-refractivity contribution is 6.14. The van der Waals surface area contributed by atoms with Gasteiger partial charge in [0.25, 0.3) is 45.9 Å². The average Bonchev–Trinajstić information content (AvgIpc) is 1.57. The molecule has 662 valence electrons. The first-order valence-electron chi connectivity index (χ1n) is 50.7. The fourth-order valence-corrected chi connectivity index (χ4v) is 22.5. The summed E-state index contributed by atoms with van der Waals surface area (Å²) in [6, 6.07) is 3.14. The van der Waals surface area contributed by atoms with E-state index in [1.807, 2.05) is 0 Å². The van der Waals surface area contributed by atoms with Crippen molar-refractivity contribution in [2.24, 2.45) is 47.3 Å². The minimum Gasteiger partial charge on any atom is -0.275 e. The maximum absolute atomic E-state index is 14.5. The van der Waals surface area contributed by atoms with Gasteiger partial charge in [0.1, 0.15) is 0 Å². The van der Waals surface area contributed by atoms with Crippen LogP contribution in [0.25, 0.3) is 21.5 Å². The lowest BCUT2D eigenvalue weighted by molar-refractivity contribution is -0.142. The Morgan fingerprint density at radius 1 is 0.308 bits per heavy atom. The van der Waals surface area contributed by atoms with E-state index >= 15 is 0 Å². The van der Waals surface area contributed by atoms with Crippen LogP contribution in [0, 0.1) is 47.3 Å². The van der Waals surface area contributed by atoms with E-state index in [2.05, 4.69) is 67.5 Å². The van der Waals surface area contributed by atoms with Gasteiger partial charge >= 0.3 is 0 Å². The Kier molecular flexibility index (Phi) is 48.0. The number of rotatable bonds is 70. The van der Waals surface area contributed by atoms with Crippen LogP contribution in [0.4, 0.5) is 0 Å². The zero-order valence-corrected chi connectivity index (χ0v) is 76.7. The summed E-state index contributed by atoms with van der Waals surface area (Å²) in [7, 11) is 0. The predicted octanol–water partition coefficient (Wildman–Crippen LogP) is 28.2. The second kappa shape index (κ2) is 56.6. The highest BCUT2D eigenvalue weighted by Gasteiger charge is 2.42. The van der Waals surface area contributed by atoms with E-state index in [0.717, 1.165) is 144 Å². The van der Waals surface area contributed by atoms with Gasteiger partial charge in [-0.1, -0.05) is 375 Å². The van der Waals surface area contributed by atoms with Gasteiger partial charge in [-0.05, 0) is 170 Å². The Morgan fingerprint density at radius 2 is 0.590 bits per heavy atom. The number of unbranched alkanes of at least 4 members (excludes halogenated alkanes) is 41. The molecular weight excluding hydrogens is 1450 g/mol. The van der Waals surface area contributed by atoms with Gasteiger partial charge in [-0.3, -0.25) is 57.3 Å². The Balaban J connectivity index is 0.871. The van der Waals surface area contributed by atoms with Crippen LogP contribution in [0.2, 0.25) is 0 Å². The number of allylic oxidation sites excluding steroid dienone is 1. The predicted molar refractivity (Wildman–Crippen MR) is 495 cm³/mol. The maximum atomic E-state index is 14.5. The smallest absolute Gasteiger partial charge is 0.262 e. The molecule has 2 aliphatic heterocycles. The molecule has 117 heavy (non-hydrogen) atoms. The zero-order valence-electron chi connectivity index (χ0n) is 76.7. The molecule has 2 aliphatic carbocycles. The second-order valence-electron chi connectivity index (χ2n) is 38.8. The van der Waals surface area contributed by atoms with E-state index < -0.39 is 11.1 Å². The van der Waals surface area contributed by atoms with Crippen molar-refractivity contribution in [3.63, 3.8) is 0 Å². The van der Waals surface area contributed by atoms with Gasteiger partial charge in [0, 0.05) is 42.9 Å². The molecule has 2 saturated carbocycles. The minimum absolute atomic E-state index is 0.166. The quantitative estimate of drug-likeness (QED) is 0.0308. The normalized spacial score (nSPS) is 21.0. The Bertz CT molecular complexity index is 3490. The molecule has 0 spiro atoms. The molecule has 4 amide bonds. The van der Waals surface area contributed by atoms with Crippen molar-refractivity contribution >= 4 is 45.2 Å². The van der Waals surface area contributed by atoms with Crippen molar-refractivity contribution in [3.05, 3.63) is 90.0 Å². The number of nitrogens with zero attached hydrogens (tertiary/aromatic N) is 4. The summed E-state index contributed by atoms with van der Waals surface area (Å²) < 4.78 is 2.84. The number of carbonyl (C=O) groups excluding carboxylic acids is 4. The highest BCUT2D eigenvalue weighted by atomic mass is 16.2. The number of imide groups is 2. The van der Waals surface area contributed by atoms with Gasteiger partial charge in [-0.15, -0.1) is 0 Å². The van der Waals surface area contributed by atoms with Crippen molar-refractivity contribution in [1.29, 1.82) is 0 Å². The van der Waals surface area contributed by atoms with Crippen LogP contribution in [-0.4, -0.2) is 54.6 Å². The second-order valence-corrected chi connectivity index (χ2v) is 38.8. The molecule has 1 aromatic carbocycles. The van der Waals surface area contributed by atoms with Crippen molar-refractivity contribution < 1.29 is 19.2 Å². The molecular formula is C105H174N4O8. The molecule has 4 heterocycles. The summed E-state index contributed by atoms with van der Waals surface area (Å²) in [6.07, 6.45) is 90.5. The van der Waals surface area contributed by atoms with Crippen LogP contribution >= 0.6 is 0 Å². The third-order valence-electron chi connectivity index (χ3n) is 29.8. The van der Waals surface area contributed by atoms with Gasteiger partial charge in [0.15, 0.2) is 0 Å². The third kappa shape index (κ3) is 32.3. The lowest BCUT2D eigenvalue weighted by Crippen LogP contribution is -2.48. The standard InChI is InChI=1S/C105H174N4O8/c1-9-15-20-25-32-44-57-78-105(8,108-98(112)75-76-99(108)113)79-58-45-34-29-38-51-64-87-72-70-85(62-49-24-19-13-5)89(66-53-40-27-22-17-11-3)91(87)68-55-42-31-36-47-60-81-107-100(114)92-82-94-95(83-93(92)101(107)115)103(117)109(102(94)116)104(7,14-6)77-56-43-33-28-37-50-63-86-71-69-84(61-48-23-18-12-4)88(65-52-39-26-21-16-10-2)90(86)67-54-41-30-35-46-59-80-106-96(110)73-74-97(106)111/h57,73-76,78,82-91H,9-56,58-72,77,79-81H2,1-8H3/b78-57-. The van der Waals surface area contributed by atoms with E-state index in [0.29, 0.717) is 19.5 Å². The van der Waals surface area contributed by atoms with Crippen LogP contribution in [0.5, 0.6) is 0 Å². The summed E-state index contributed by atoms with van der Waals surface area (Å²) in [4.78, 5) is 110. The molecule has 0 bridgehead atoms. The van der Waals surface area contributed by atoms with Gasteiger partial charge in [-0.25, -0.2) is 0 Å². The molecule has 12 nitrogen and oxygen atoms in total. The van der Waals surface area contributed by atoms with E-state index in [-0.39, 0.29) is 67.4 Å². The van der Waals surface area contributed by atoms with Crippen molar-refractivity contribution in [2.75, 3.05) is 6.54 Å². The summed E-state index contributed by atoms with van der Waals surface area (Å²) >= 11 is 0. The largest absolute Gasteiger partial charge is 0.275 e. The monoisotopic (exact) mass is 1620 g/mol. The van der Waals surface area contributed by atoms with Gasteiger partial charge in [0.2, 0.25) is 0 Å². The zero-order chi connectivity index (χ0) is 83.9. The van der Waals surface area contributed by atoms with Crippen LogP contribution in [0.15, 0.2) is 67.8 Å². The summed E-state index contributed by atoms with van der Waals surface area (Å²) in [5, 5.41) is 1.03. The molecule has 7 rings (SSSR count). The molecule has 3 aromatic rings. The number of fused-ring (bicyclic) bond motifs is 2. The van der Waals surface area contributed by atoms with E-state index in [9.17, 15) is 38.4 Å². The molecule has 4 aliphatic rings. The molecule has 0 N–H and O–H groups in total. The van der Waals surface area contributed by atoms with Crippen molar-refractivity contribution in [2.45, 2.75) is 490 Å². The van der Waals surface area contributed by atoms with Gasteiger partial charge < -0.3 is 0 Å². The van der Waals surface area contributed by atoms with Gasteiger partial charge in [-0.2, -0.15) is 0 Å².